The van der Waals surface area contributed by atoms with Crippen molar-refractivity contribution >= 4 is 15.7 Å². The summed E-state index contributed by atoms with van der Waals surface area (Å²) in [4.78, 5) is 14.8. The second-order valence-electron chi connectivity index (χ2n) is 8.28. The van der Waals surface area contributed by atoms with Gasteiger partial charge in [-0.3, -0.25) is 9.69 Å². The summed E-state index contributed by atoms with van der Waals surface area (Å²) in [5.41, 5.74) is 0.904. The Balaban J connectivity index is 1.32. The number of nitrogens with zero attached hydrogens (tertiary/aromatic N) is 1. The maximum absolute atomic E-state index is 13.9. The van der Waals surface area contributed by atoms with E-state index in [1.807, 2.05) is 6.07 Å². The van der Waals surface area contributed by atoms with Crippen LogP contribution in [0, 0.1) is 5.82 Å². The van der Waals surface area contributed by atoms with E-state index in [0.29, 0.717) is 31.7 Å². The van der Waals surface area contributed by atoms with E-state index in [2.05, 4.69) is 10.2 Å². The Morgan fingerprint density at radius 1 is 1.15 bits per heavy atom. The van der Waals surface area contributed by atoms with Crippen molar-refractivity contribution in [2.75, 3.05) is 33.1 Å². The van der Waals surface area contributed by atoms with E-state index in [0.717, 1.165) is 37.8 Å². The number of carbonyl (C=O) groups is 1. The lowest BCUT2D eigenvalue weighted by molar-refractivity contribution is -0.122. The monoisotopic (exact) mass is 478 g/mol. The van der Waals surface area contributed by atoms with Crippen LogP contribution in [0.3, 0.4) is 0 Å². The number of piperidine rings is 1. The molecule has 0 bridgehead atoms. The van der Waals surface area contributed by atoms with Gasteiger partial charge in [0.15, 0.2) is 21.4 Å². The number of methoxy groups -OCH3 is 1. The predicted octanol–water partition coefficient (Wildman–Crippen LogP) is 3.18. The Bertz CT molecular complexity index is 1040. The molecule has 0 aromatic heterocycles. The van der Waals surface area contributed by atoms with Crippen LogP contribution in [0.1, 0.15) is 31.2 Å². The second-order valence-corrected chi connectivity index (χ2v) is 10.3. The number of carbonyl (C=O) groups excluding carboxylic acids is 1. The molecule has 0 spiro atoms. The number of sulfone groups is 1. The van der Waals surface area contributed by atoms with Gasteiger partial charge in [0.2, 0.25) is 5.91 Å². The molecule has 2 aromatic rings. The number of hydrogen-bond donors (Lipinski definition) is 1. The Morgan fingerprint density at radius 2 is 1.85 bits per heavy atom. The minimum Gasteiger partial charge on any atom is -0.494 e. The molecule has 0 unspecified atom stereocenters. The summed E-state index contributed by atoms with van der Waals surface area (Å²) in [6, 6.07) is 11.4. The molecule has 1 saturated heterocycles. The molecule has 9 heteroatoms. The third-order valence-corrected chi connectivity index (χ3v) is 6.77. The van der Waals surface area contributed by atoms with Crippen molar-refractivity contribution in [3.63, 3.8) is 0 Å². The lowest BCUT2D eigenvalue weighted by Crippen LogP contribution is -2.44. The Labute approximate surface area is 194 Å². The molecule has 0 aliphatic carbocycles. The fraction of sp³-hybridized carbons (Fsp3) is 0.458. The van der Waals surface area contributed by atoms with Crippen LogP contribution in [0.2, 0.25) is 0 Å². The zero-order valence-electron chi connectivity index (χ0n) is 19.1. The van der Waals surface area contributed by atoms with Crippen LogP contribution >= 0.6 is 0 Å². The summed E-state index contributed by atoms with van der Waals surface area (Å²) in [5.74, 6) is 0.469. The molecule has 1 N–H and O–H groups in total. The summed E-state index contributed by atoms with van der Waals surface area (Å²) < 4.78 is 47.4. The number of ether oxygens (including phenoxy) is 2. The average Bonchev–Trinajstić information content (AvgIpc) is 2.78. The van der Waals surface area contributed by atoms with Crippen LogP contribution in [0.4, 0.5) is 4.39 Å². The number of hydrogen-bond acceptors (Lipinski definition) is 6. The van der Waals surface area contributed by atoms with Gasteiger partial charge in [-0.2, -0.15) is 0 Å². The van der Waals surface area contributed by atoms with Gasteiger partial charge in [0.1, 0.15) is 5.75 Å². The molecule has 1 amide bonds. The lowest BCUT2D eigenvalue weighted by atomic mass is 10.0. The van der Waals surface area contributed by atoms with Crippen LogP contribution in [-0.4, -0.2) is 58.3 Å². The van der Waals surface area contributed by atoms with E-state index in [4.69, 9.17) is 9.47 Å². The quantitative estimate of drug-likeness (QED) is 0.528. The van der Waals surface area contributed by atoms with Gasteiger partial charge in [0.25, 0.3) is 0 Å². The predicted molar refractivity (Wildman–Crippen MR) is 124 cm³/mol. The van der Waals surface area contributed by atoms with E-state index in [1.54, 1.807) is 18.2 Å². The fourth-order valence-electron chi connectivity index (χ4n) is 3.81. The highest BCUT2D eigenvalue weighted by Gasteiger charge is 2.21. The zero-order chi connectivity index (χ0) is 23.8. The highest BCUT2D eigenvalue weighted by atomic mass is 32.2. The van der Waals surface area contributed by atoms with E-state index in [-0.39, 0.29) is 28.4 Å². The van der Waals surface area contributed by atoms with Gasteiger partial charge in [-0.25, -0.2) is 12.8 Å². The van der Waals surface area contributed by atoms with Crippen molar-refractivity contribution in [1.82, 2.24) is 10.2 Å². The zero-order valence-corrected chi connectivity index (χ0v) is 19.9. The largest absolute Gasteiger partial charge is 0.494 e. The third-order valence-electron chi connectivity index (χ3n) is 5.64. The van der Waals surface area contributed by atoms with Gasteiger partial charge >= 0.3 is 0 Å². The molecular weight excluding hydrogens is 447 g/mol. The van der Waals surface area contributed by atoms with Crippen molar-refractivity contribution in [2.24, 2.45) is 0 Å². The molecule has 0 radical (unpaired) electrons. The minimum absolute atomic E-state index is 0.00157. The highest BCUT2D eigenvalue weighted by molar-refractivity contribution is 7.90. The normalized spacial score (nSPS) is 15.2. The molecule has 180 valence electrons. The summed E-state index contributed by atoms with van der Waals surface area (Å²) in [5, 5.41) is 3.09. The first-order valence-corrected chi connectivity index (χ1v) is 12.9. The number of halogens is 1. The number of rotatable bonds is 10. The number of nitrogens with one attached hydrogen (secondary N) is 1. The first-order valence-electron chi connectivity index (χ1n) is 11.0. The summed E-state index contributed by atoms with van der Waals surface area (Å²) in [6.45, 7) is 2.73. The molecule has 33 heavy (non-hydrogen) atoms. The molecule has 1 aliphatic rings. The topological polar surface area (TPSA) is 84.9 Å². The Hall–Kier alpha value is -2.65. The Kier molecular flexibility index (Phi) is 8.68. The molecular formula is C24H31FN2O5S. The highest BCUT2D eigenvalue weighted by Crippen LogP contribution is 2.20. The van der Waals surface area contributed by atoms with Crippen molar-refractivity contribution in [3.8, 4) is 11.5 Å². The molecule has 1 heterocycles. The maximum atomic E-state index is 13.9. The van der Waals surface area contributed by atoms with Crippen molar-refractivity contribution in [2.45, 2.75) is 43.2 Å². The Morgan fingerprint density at radius 3 is 2.45 bits per heavy atom. The molecule has 3 rings (SSSR count). The van der Waals surface area contributed by atoms with Gasteiger partial charge in [0, 0.05) is 38.4 Å². The lowest BCUT2D eigenvalue weighted by Gasteiger charge is -2.32. The number of benzene rings is 2. The molecule has 2 aromatic carbocycles. The standard InChI is InChI=1S/C24H31FN2O5S/c1-31-23-10-5-18(16-22(23)25)17-27-13-11-19(12-14-27)26-24(28)4-3-15-32-20-6-8-21(9-7-20)33(2,29)30/h5-10,16,19H,3-4,11-15,17H2,1-2H3,(H,26,28). The molecule has 1 aliphatic heterocycles. The van der Waals surface area contributed by atoms with Gasteiger partial charge in [-0.15, -0.1) is 0 Å². The maximum Gasteiger partial charge on any atom is 0.220 e. The van der Waals surface area contributed by atoms with E-state index >= 15 is 0 Å². The van der Waals surface area contributed by atoms with Crippen molar-refractivity contribution in [3.05, 3.63) is 53.8 Å². The van der Waals surface area contributed by atoms with Crippen molar-refractivity contribution < 1.29 is 27.1 Å². The molecule has 0 saturated carbocycles. The third kappa shape index (κ3) is 7.71. The second kappa shape index (κ2) is 11.5. The van der Waals surface area contributed by atoms with Crippen LogP contribution < -0.4 is 14.8 Å². The van der Waals surface area contributed by atoms with Gasteiger partial charge in [-0.05, 0) is 61.2 Å². The fourth-order valence-corrected chi connectivity index (χ4v) is 4.44. The minimum atomic E-state index is -3.23. The number of amides is 1. The van der Waals surface area contributed by atoms with Gasteiger partial charge < -0.3 is 14.8 Å². The van der Waals surface area contributed by atoms with Crippen LogP contribution in [0.15, 0.2) is 47.4 Å². The van der Waals surface area contributed by atoms with Crippen molar-refractivity contribution in [1.29, 1.82) is 0 Å². The van der Waals surface area contributed by atoms with E-state index in [1.165, 1.54) is 25.3 Å². The van der Waals surface area contributed by atoms with E-state index in [9.17, 15) is 17.6 Å². The number of likely N-dealkylation sites (tertiary alicyclic amines) is 1. The average molecular weight is 479 g/mol. The smallest absolute Gasteiger partial charge is 0.220 e. The molecule has 7 nitrogen and oxygen atoms in total. The first-order chi connectivity index (χ1) is 15.7. The summed E-state index contributed by atoms with van der Waals surface area (Å²) in [7, 11) is -1.78. The van der Waals surface area contributed by atoms with Gasteiger partial charge in [-0.1, -0.05) is 6.07 Å². The molecule has 0 atom stereocenters. The van der Waals surface area contributed by atoms with Crippen LogP contribution in [0.5, 0.6) is 11.5 Å². The molecule has 1 fully saturated rings. The SMILES string of the molecule is COc1ccc(CN2CCC(NC(=O)CCCOc3ccc(S(C)(=O)=O)cc3)CC2)cc1F. The first kappa shape index (κ1) is 25.0. The summed E-state index contributed by atoms with van der Waals surface area (Å²) >= 11 is 0. The van der Waals surface area contributed by atoms with Gasteiger partial charge in [0.05, 0.1) is 18.6 Å². The van der Waals surface area contributed by atoms with Crippen LogP contribution in [0.25, 0.3) is 0 Å². The van der Waals surface area contributed by atoms with E-state index < -0.39 is 9.84 Å². The van der Waals surface area contributed by atoms with Crippen LogP contribution in [-0.2, 0) is 21.2 Å². The summed E-state index contributed by atoms with van der Waals surface area (Å²) in [6.07, 6.45) is 3.81.